The van der Waals surface area contributed by atoms with E-state index in [1.54, 1.807) is 29.1 Å². The molecule has 0 aliphatic rings. The number of rotatable bonds is 3. The van der Waals surface area contributed by atoms with Crippen LogP contribution < -0.4 is 10.6 Å². The average molecular weight is 264 g/mol. The second-order valence-electron chi connectivity index (χ2n) is 3.73. The zero-order valence-corrected chi connectivity index (χ0v) is 10.7. The fraction of sp³-hybridized carbons (Fsp3) is 0.167. The number of hydrogen-bond acceptors (Lipinski definition) is 2. The molecule has 0 saturated heterocycles. The molecule has 2 rings (SSSR count). The molecule has 0 unspecified atom stereocenters. The SMILES string of the molecule is Cn1nccc1CNC(=S)Nc1ccccc1F. The number of thiocarbonyl (C=S) groups is 1. The van der Waals surface area contributed by atoms with E-state index in [0.717, 1.165) is 5.69 Å². The minimum Gasteiger partial charge on any atom is -0.357 e. The van der Waals surface area contributed by atoms with Gasteiger partial charge in [-0.15, -0.1) is 0 Å². The molecule has 2 N–H and O–H groups in total. The molecule has 94 valence electrons. The molecular formula is C12H13FN4S. The summed E-state index contributed by atoms with van der Waals surface area (Å²) in [6, 6.07) is 8.28. The lowest BCUT2D eigenvalue weighted by molar-refractivity contribution is 0.632. The van der Waals surface area contributed by atoms with Gasteiger partial charge in [-0.1, -0.05) is 12.1 Å². The van der Waals surface area contributed by atoms with Crippen molar-refractivity contribution in [3.05, 3.63) is 48.0 Å². The number of halogens is 1. The number of aromatic nitrogens is 2. The first-order valence-electron chi connectivity index (χ1n) is 5.43. The van der Waals surface area contributed by atoms with Crippen LogP contribution in [0.25, 0.3) is 0 Å². The van der Waals surface area contributed by atoms with Gasteiger partial charge >= 0.3 is 0 Å². The maximum absolute atomic E-state index is 13.4. The summed E-state index contributed by atoms with van der Waals surface area (Å²) >= 11 is 5.09. The Bertz CT molecular complexity index is 553. The first-order chi connectivity index (χ1) is 8.66. The Labute approximate surface area is 110 Å². The van der Waals surface area contributed by atoms with Crippen LogP contribution in [0, 0.1) is 5.82 Å². The van der Waals surface area contributed by atoms with E-state index in [4.69, 9.17) is 12.2 Å². The van der Waals surface area contributed by atoms with Crippen LogP contribution in [0.1, 0.15) is 5.69 Å². The fourth-order valence-corrected chi connectivity index (χ4v) is 1.66. The van der Waals surface area contributed by atoms with Gasteiger partial charge in [0.15, 0.2) is 5.11 Å². The Morgan fingerprint density at radius 3 is 2.83 bits per heavy atom. The average Bonchev–Trinajstić information content (AvgIpc) is 2.75. The highest BCUT2D eigenvalue weighted by atomic mass is 32.1. The molecule has 0 saturated carbocycles. The van der Waals surface area contributed by atoms with Crippen molar-refractivity contribution in [3.63, 3.8) is 0 Å². The Morgan fingerprint density at radius 2 is 2.17 bits per heavy atom. The van der Waals surface area contributed by atoms with Gasteiger partial charge in [-0.05, 0) is 30.4 Å². The molecule has 1 aromatic carbocycles. The maximum Gasteiger partial charge on any atom is 0.171 e. The highest BCUT2D eigenvalue weighted by Gasteiger charge is 2.03. The smallest absolute Gasteiger partial charge is 0.171 e. The summed E-state index contributed by atoms with van der Waals surface area (Å²) in [6.07, 6.45) is 1.71. The summed E-state index contributed by atoms with van der Waals surface area (Å²) in [6.45, 7) is 0.538. The summed E-state index contributed by atoms with van der Waals surface area (Å²) in [5.41, 5.74) is 1.35. The van der Waals surface area contributed by atoms with Crippen molar-refractivity contribution in [2.24, 2.45) is 7.05 Å². The number of hydrogen-bond donors (Lipinski definition) is 2. The van der Waals surface area contributed by atoms with Crippen molar-refractivity contribution in [1.29, 1.82) is 0 Å². The molecular weight excluding hydrogens is 251 g/mol. The highest BCUT2D eigenvalue weighted by Crippen LogP contribution is 2.11. The van der Waals surface area contributed by atoms with Crippen LogP contribution in [-0.4, -0.2) is 14.9 Å². The van der Waals surface area contributed by atoms with E-state index < -0.39 is 0 Å². The number of anilines is 1. The Morgan fingerprint density at radius 1 is 1.39 bits per heavy atom. The minimum absolute atomic E-state index is 0.331. The van der Waals surface area contributed by atoms with Gasteiger partial charge in [0.1, 0.15) is 5.82 Å². The predicted octanol–water partition coefficient (Wildman–Crippen LogP) is 2.05. The predicted molar refractivity (Wildman–Crippen MR) is 72.7 cm³/mol. The van der Waals surface area contributed by atoms with Gasteiger partial charge < -0.3 is 10.6 Å². The third-order valence-electron chi connectivity index (χ3n) is 2.47. The van der Waals surface area contributed by atoms with Gasteiger partial charge in [0, 0.05) is 13.2 Å². The topological polar surface area (TPSA) is 41.9 Å². The Hall–Kier alpha value is -1.95. The molecule has 1 aromatic heterocycles. The number of benzene rings is 1. The first-order valence-corrected chi connectivity index (χ1v) is 5.84. The number of para-hydroxylation sites is 1. The molecule has 0 atom stereocenters. The van der Waals surface area contributed by atoms with E-state index in [1.807, 2.05) is 13.1 Å². The third-order valence-corrected chi connectivity index (χ3v) is 2.72. The summed E-state index contributed by atoms with van der Waals surface area (Å²) < 4.78 is 15.1. The lowest BCUT2D eigenvalue weighted by Crippen LogP contribution is -2.29. The molecule has 0 aliphatic heterocycles. The van der Waals surface area contributed by atoms with Crippen LogP contribution in [0.4, 0.5) is 10.1 Å². The van der Waals surface area contributed by atoms with Gasteiger partial charge in [0.05, 0.1) is 17.9 Å². The monoisotopic (exact) mass is 264 g/mol. The van der Waals surface area contributed by atoms with Gasteiger partial charge in [0.2, 0.25) is 0 Å². The van der Waals surface area contributed by atoms with E-state index >= 15 is 0 Å². The minimum atomic E-state index is -0.331. The van der Waals surface area contributed by atoms with E-state index in [2.05, 4.69) is 15.7 Å². The Kier molecular flexibility index (Phi) is 3.88. The van der Waals surface area contributed by atoms with Gasteiger partial charge in [-0.2, -0.15) is 5.10 Å². The quantitative estimate of drug-likeness (QED) is 0.833. The standard InChI is InChI=1S/C12H13FN4S/c1-17-9(6-7-15-17)8-14-12(18)16-11-5-3-2-4-10(11)13/h2-7H,8H2,1H3,(H2,14,16,18). The van der Waals surface area contributed by atoms with Crippen molar-refractivity contribution in [1.82, 2.24) is 15.1 Å². The van der Waals surface area contributed by atoms with E-state index in [1.165, 1.54) is 6.07 Å². The van der Waals surface area contributed by atoms with Crippen molar-refractivity contribution in [3.8, 4) is 0 Å². The van der Waals surface area contributed by atoms with Crippen LogP contribution in [-0.2, 0) is 13.6 Å². The largest absolute Gasteiger partial charge is 0.357 e. The van der Waals surface area contributed by atoms with Crippen molar-refractivity contribution < 1.29 is 4.39 Å². The Balaban J connectivity index is 1.90. The normalized spacial score (nSPS) is 10.1. The maximum atomic E-state index is 13.4. The molecule has 1 heterocycles. The van der Waals surface area contributed by atoms with Gasteiger partial charge in [-0.25, -0.2) is 4.39 Å². The molecule has 4 nitrogen and oxygen atoms in total. The zero-order chi connectivity index (χ0) is 13.0. The highest BCUT2D eigenvalue weighted by molar-refractivity contribution is 7.80. The van der Waals surface area contributed by atoms with Crippen molar-refractivity contribution in [2.45, 2.75) is 6.54 Å². The number of aryl methyl sites for hydroxylation is 1. The van der Waals surface area contributed by atoms with Crippen LogP contribution in [0.5, 0.6) is 0 Å². The van der Waals surface area contributed by atoms with Crippen LogP contribution >= 0.6 is 12.2 Å². The summed E-state index contributed by atoms with van der Waals surface area (Å²) in [4.78, 5) is 0. The number of nitrogens with one attached hydrogen (secondary N) is 2. The van der Waals surface area contributed by atoms with E-state index in [9.17, 15) is 4.39 Å². The lowest BCUT2D eigenvalue weighted by Gasteiger charge is -2.11. The zero-order valence-electron chi connectivity index (χ0n) is 9.85. The second-order valence-corrected chi connectivity index (χ2v) is 4.14. The summed E-state index contributed by atoms with van der Waals surface area (Å²) in [5.74, 6) is -0.331. The first kappa shape index (κ1) is 12.5. The summed E-state index contributed by atoms with van der Waals surface area (Å²) in [7, 11) is 1.85. The second kappa shape index (κ2) is 5.59. The van der Waals surface area contributed by atoms with Crippen LogP contribution in [0.2, 0.25) is 0 Å². The van der Waals surface area contributed by atoms with Crippen molar-refractivity contribution in [2.75, 3.05) is 5.32 Å². The molecule has 0 bridgehead atoms. The van der Waals surface area contributed by atoms with Gasteiger partial charge in [-0.3, -0.25) is 4.68 Å². The van der Waals surface area contributed by atoms with E-state index in [0.29, 0.717) is 17.3 Å². The lowest BCUT2D eigenvalue weighted by atomic mass is 10.3. The molecule has 0 radical (unpaired) electrons. The molecule has 0 fully saturated rings. The fourth-order valence-electron chi connectivity index (χ4n) is 1.47. The molecule has 2 aromatic rings. The molecule has 18 heavy (non-hydrogen) atoms. The molecule has 6 heteroatoms. The van der Waals surface area contributed by atoms with Gasteiger partial charge in [0.25, 0.3) is 0 Å². The summed E-state index contributed by atoms with van der Waals surface area (Å²) in [5, 5.41) is 10.2. The van der Waals surface area contributed by atoms with Crippen LogP contribution in [0.15, 0.2) is 36.5 Å². The third kappa shape index (κ3) is 3.04. The van der Waals surface area contributed by atoms with E-state index in [-0.39, 0.29) is 5.82 Å². The molecule has 0 spiro atoms. The molecule has 0 amide bonds. The number of nitrogens with zero attached hydrogens (tertiary/aromatic N) is 2. The molecule has 0 aliphatic carbocycles. The van der Waals surface area contributed by atoms with Crippen molar-refractivity contribution >= 4 is 23.0 Å². The van der Waals surface area contributed by atoms with Crippen LogP contribution in [0.3, 0.4) is 0 Å².